The quantitative estimate of drug-likeness (QED) is 0.536. The van der Waals surface area contributed by atoms with Gasteiger partial charge in [0, 0.05) is 6.54 Å². The molecule has 1 atom stereocenters. The maximum Gasteiger partial charge on any atom is 0.410 e. The lowest BCUT2D eigenvalue weighted by Gasteiger charge is -2.19. The van der Waals surface area contributed by atoms with Gasteiger partial charge in [-0.1, -0.05) is 12.2 Å². The minimum Gasteiger partial charge on any atom is -0.450 e. The second kappa shape index (κ2) is 3.42. The molecule has 0 N–H and O–H groups in total. The van der Waals surface area contributed by atoms with E-state index in [9.17, 15) is 4.79 Å². The Labute approximate surface area is 66.6 Å². The van der Waals surface area contributed by atoms with E-state index in [-0.39, 0.29) is 12.1 Å². The number of hydrogen-bond donors (Lipinski definition) is 0. The Morgan fingerprint density at radius 2 is 2.55 bits per heavy atom. The standard InChI is InChI=1S/C8H13NO2/c1-3-11-8(10)9-6-4-5-7(9)2/h4-5,7H,3,6H2,1-2H3. The topological polar surface area (TPSA) is 29.5 Å². The van der Waals surface area contributed by atoms with Gasteiger partial charge in [-0.3, -0.25) is 4.90 Å². The normalized spacial score (nSPS) is 22.4. The van der Waals surface area contributed by atoms with E-state index in [1.54, 1.807) is 4.90 Å². The van der Waals surface area contributed by atoms with Crippen LogP contribution in [0.25, 0.3) is 0 Å². The summed E-state index contributed by atoms with van der Waals surface area (Å²) in [6.45, 7) is 4.91. The highest BCUT2D eigenvalue weighted by Gasteiger charge is 2.21. The van der Waals surface area contributed by atoms with Crippen LogP contribution in [0.4, 0.5) is 4.79 Å². The molecule has 1 rings (SSSR count). The molecule has 0 radical (unpaired) electrons. The summed E-state index contributed by atoms with van der Waals surface area (Å²) >= 11 is 0. The second-order valence-electron chi connectivity index (χ2n) is 2.52. The van der Waals surface area contributed by atoms with Crippen LogP contribution in [0.1, 0.15) is 13.8 Å². The fraction of sp³-hybridized carbons (Fsp3) is 0.625. The number of ether oxygens (including phenoxy) is 1. The van der Waals surface area contributed by atoms with Crippen molar-refractivity contribution in [2.45, 2.75) is 19.9 Å². The molecule has 1 amide bonds. The van der Waals surface area contributed by atoms with Crippen molar-refractivity contribution in [1.82, 2.24) is 4.90 Å². The van der Waals surface area contributed by atoms with Crippen molar-refractivity contribution in [3.05, 3.63) is 12.2 Å². The predicted octanol–water partition coefficient (Wildman–Crippen LogP) is 1.40. The van der Waals surface area contributed by atoms with E-state index in [1.165, 1.54) is 0 Å². The minimum absolute atomic E-state index is 0.189. The minimum atomic E-state index is -0.218. The Bertz CT molecular complexity index is 177. The predicted molar refractivity (Wildman–Crippen MR) is 42.3 cm³/mol. The van der Waals surface area contributed by atoms with Crippen molar-refractivity contribution < 1.29 is 9.53 Å². The first-order chi connectivity index (χ1) is 5.25. The van der Waals surface area contributed by atoms with Crippen LogP contribution >= 0.6 is 0 Å². The van der Waals surface area contributed by atoms with E-state index in [0.717, 1.165) is 0 Å². The Balaban J connectivity index is 2.42. The molecule has 3 nitrogen and oxygen atoms in total. The van der Waals surface area contributed by atoms with Gasteiger partial charge < -0.3 is 4.74 Å². The summed E-state index contributed by atoms with van der Waals surface area (Å²) in [7, 11) is 0. The molecule has 0 bridgehead atoms. The highest BCUT2D eigenvalue weighted by molar-refractivity contribution is 5.69. The van der Waals surface area contributed by atoms with E-state index >= 15 is 0 Å². The van der Waals surface area contributed by atoms with Gasteiger partial charge in [0.1, 0.15) is 0 Å². The van der Waals surface area contributed by atoms with Gasteiger partial charge in [0.05, 0.1) is 12.6 Å². The van der Waals surface area contributed by atoms with Gasteiger partial charge in [-0.05, 0) is 13.8 Å². The van der Waals surface area contributed by atoms with E-state index < -0.39 is 0 Å². The molecule has 0 saturated carbocycles. The molecule has 11 heavy (non-hydrogen) atoms. The Morgan fingerprint density at radius 3 is 3.00 bits per heavy atom. The van der Waals surface area contributed by atoms with Crippen LogP contribution in [-0.4, -0.2) is 30.2 Å². The van der Waals surface area contributed by atoms with Crippen LogP contribution in [0.2, 0.25) is 0 Å². The largest absolute Gasteiger partial charge is 0.450 e. The number of amides is 1. The van der Waals surface area contributed by atoms with E-state index in [0.29, 0.717) is 13.2 Å². The van der Waals surface area contributed by atoms with Crippen LogP contribution in [0, 0.1) is 0 Å². The third-order valence-electron chi connectivity index (χ3n) is 1.71. The number of carbonyl (C=O) groups excluding carboxylic acids is 1. The van der Waals surface area contributed by atoms with Crippen molar-refractivity contribution in [2.24, 2.45) is 0 Å². The molecule has 0 spiro atoms. The summed E-state index contributed by atoms with van der Waals surface area (Å²) in [4.78, 5) is 12.8. The second-order valence-corrected chi connectivity index (χ2v) is 2.52. The molecule has 1 aliphatic rings. The van der Waals surface area contributed by atoms with Crippen LogP contribution in [-0.2, 0) is 4.74 Å². The van der Waals surface area contributed by atoms with Gasteiger partial charge in [0.2, 0.25) is 0 Å². The zero-order valence-electron chi connectivity index (χ0n) is 6.91. The molecule has 1 unspecified atom stereocenters. The van der Waals surface area contributed by atoms with Crippen LogP contribution in [0.5, 0.6) is 0 Å². The van der Waals surface area contributed by atoms with Gasteiger partial charge in [-0.15, -0.1) is 0 Å². The maximum absolute atomic E-state index is 11.1. The molecular formula is C8H13NO2. The SMILES string of the molecule is CCOC(=O)N1CC=CC1C. The zero-order chi connectivity index (χ0) is 8.27. The van der Waals surface area contributed by atoms with E-state index in [2.05, 4.69) is 0 Å². The smallest absolute Gasteiger partial charge is 0.410 e. The summed E-state index contributed by atoms with van der Waals surface area (Å²) in [5.74, 6) is 0. The fourth-order valence-corrected chi connectivity index (χ4v) is 1.09. The average Bonchev–Trinajstić information content (AvgIpc) is 2.36. The lowest BCUT2D eigenvalue weighted by atomic mass is 10.3. The zero-order valence-corrected chi connectivity index (χ0v) is 6.91. The van der Waals surface area contributed by atoms with E-state index in [1.807, 2.05) is 26.0 Å². The van der Waals surface area contributed by atoms with E-state index in [4.69, 9.17) is 4.74 Å². The maximum atomic E-state index is 11.1. The van der Waals surface area contributed by atoms with Gasteiger partial charge in [0.15, 0.2) is 0 Å². The highest BCUT2D eigenvalue weighted by atomic mass is 16.6. The summed E-state index contributed by atoms with van der Waals surface area (Å²) in [6, 6.07) is 0.189. The van der Waals surface area contributed by atoms with Crippen LogP contribution in [0.3, 0.4) is 0 Å². The molecule has 3 heteroatoms. The molecule has 0 aromatic rings. The van der Waals surface area contributed by atoms with Gasteiger partial charge >= 0.3 is 6.09 Å². The molecule has 1 aliphatic heterocycles. The first kappa shape index (κ1) is 8.11. The van der Waals surface area contributed by atoms with Crippen molar-refractivity contribution in [3.8, 4) is 0 Å². The first-order valence-electron chi connectivity index (χ1n) is 3.85. The molecule has 0 aromatic heterocycles. The molecule has 62 valence electrons. The molecule has 0 aliphatic carbocycles. The highest BCUT2D eigenvalue weighted by Crippen LogP contribution is 2.09. The van der Waals surface area contributed by atoms with Crippen molar-refractivity contribution in [1.29, 1.82) is 0 Å². The number of carbonyl (C=O) groups is 1. The van der Waals surface area contributed by atoms with Gasteiger partial charge in [0.25, 0.3) is 0 Å². The number of hydrogen-bond acceptors (Lipinski definition) is 2. The third kappa shape index (κ3) is 1.73. The van der Waals surface area contributed by atoms with Crippen molar-refractivity contribution in [2.75, 3.05) is 13.2 Å². The van der Waals surface area contributed by atoms with Crippen molar-refractivity contribution >= 4 is 6.09 Å². The fourth-order valence-electron chi connectivity index (χ4n) is 1.09. The molecule has 0 saturated heterocycles. The summed E-state index contributed by atoms with van der Waals surface area (Å²) < 4.78 is 4.84. The molecule has 1 heterocycles. The van der Waals surface area contributed by atoms with Crippen molar-refractivity contribution in [3.63, 3.8) is 0 Å². The van der Waals surface area contributed by atoms with Crippen LogP contribution < -0.4 is 0 Å². The molecule has 0 fully saturated rings. The summed E-state index contributed by atoms with van der Waals surface area (Å²) in [5.41, 5.74) is 0. The lowest BCUT2D eigenvalue weighted by Crippen LogP contribution is -2.34. The van der Waals surface area contributed by atoms with Crippen LogP contribution in [0.15, 0.2) is 12.2 Å². The summed E-state index contributed by atoms with van der Waals surface area (Å²) in [6.07, 6.45) is 3.75. The number of rotatable bonds is 1. The first-order valence-corrected chi connectivity index (χ1v) is 3.85. The third-order valence-corrected chi connectivity index (χ3v) is 1.71. The average molecular weight is 155 g/mol. The Kier molecular flexibility index (Phi) is 2.52. The van der Waals surface area contributed by atoms with Gasteiger partial charge in [-0.25, -0.2) is 4.79 Å². The molecular weight excluding hydrogens is 142 g/mol. The Morgan fingerprint density at radius 1 is 1.82 bits per heavy atom. The number of nitrogens with zero attached hydrogens (tertiary/aromatic N) is 1. The summed E-state index contributed by atoms with van der Waals surface area (Å²) in [5, 5.41) is 0. The lowest BCUT2D eigenvalue weighted by molar-refractivity contribution is 0.108. The Hall–Kier alpha value is -0.990. The van der Waals surface area contributed by atoms with Gasteiger partial charge in [-0.2, -0.15) is 0 Å². The molecule has 0 aromatic carbocycles. The monoisotopic (exact) mass is 155 g/mol.